The third kappa shape index (κ3) is 13.1. The second-order valence-corrected chi connectivity index (χ2v) is 22.9. The summed E-state index contributed by atoms with van der Waals surface area (Å²) < 4.78 is 83.9. The van der Waals surface area contributed by atoms with E-state index < -0.39 is 51.7 Å². The molecule has 0 saturated heterocycles. The summed E-state index contributed by atoms with van der Waals surface area (Å²) in [5, 5.41) is 0. The summed E-state index contributed by atoms with van der Waals surface area (Å²) >= 11 is 0. The molecule has 52 heavy (non-hydrogen) atoms. The highest BCUT2D eigenvalue weighted by molar-refractivity contribution is 6.82. The fourth-order valence-electron chi connectivity index (χ4n) is 6.00. The third-order valence-corrected chi connectivity index (χ3v) is 15.9. The van der Waals surface area contributed by atoms with Gasteiger partial charge in [-0.05, 0) is 86.9 Å². The fraction of sp³-hybridized carbons (Fsp3) is 0.537. The van der Waals surface area contributed by atoms with Crippen LogP contribution in [0.25, 0.3) is 11.1 Å². The third-order valence-electron chi connectivity index (χ3n) is 9.41. The van der Waals surface area contributed by atoms with Crippen LogP contribution in [0.4, 0.5) is 17.6 Å². The fourth-order valence-corrected chi connectivity index (χ4v) is 13.7. The van der Waals surface area contributed by atoms with Gasteiger partial charge < -0.3 is 18.0 Å². The number of rotatable bonds is 22. The Labute approximate surface area is 310 Å². The van der Waals surface area contributed by atoms with Crippen molar-refractivity contribution in [3.05, 3.63) is 82.4 Å². The van der Waals surface area contributed by atoms with E-state index in [-0.39, 0.29) is 35.8 Å². The van der Waals surface area contributed by atoms with Crippen molar-refractivity contribution in [2.24, 2.45) is 5.92 Å². The molecule has 288 valence electrons. The molecule has 3 rings (SSSR count). The Kier molecular flexibility index (Phi) is 17.1. The maximum absolute atomic E-state index is 15.2. The van der Waals surface area contributed by atoms with Crippen LogP contribution in [-0.2, 0) is 15.1 Å². The quantitative estimate of drug-likeness (QED) is 0.0335. The molecule has 0 spiro atoms. The molecule has 0 bridgehead atoms. The van der Waals surface area contributed by atoms with Crippen molar-refractivity contribution >= 4 is 22.8 Å². The molecule has 0 heterocycles. The molecule has 3 aromatic rings. The van der Waals surface area contributed by atoms with Crippen LogP contribution in [0.15, 0.2) is 42.5 Å². The van der Waals surface area contributed by atoms with E-state index in [1.54, 1.807) is 6.07 Å². The van der Waals surface area contributed by atoms with Crippen LogP contribution in [0.1, 0.15) is 106 Å². The lowest BCUT2D eigenvalue weighted by atomic mass is 10.0. The lowest BCUT2D eigenvalue weighted by Crippen LogP contribution is -2.46. The van der Waals surface area contributed by atoms with Gasteiger partial charge in [0.05, 0.1) is 18.8 Å². The number of carbonyl (C=O) groups is 1. The molecule has 0 aromatic heterocycles. The molecule has 3 aromatic carbocycles. The van der Waals surface area contributed by atoms with E-state index in [0.717, 1.165) is 44.2 Å². The Balaban J connectivity index is 1.79. The predicted molar refractivity (Wildman–Crippen MR) is 206 cm³/mol. The number of esters is 1. The minimum Gasteiger partial charge on any atom is -0.490 e. The lowest BCUT2D eigenvalue weighted by molar-refractivity contribution is 0.0724. The van der Waals surface area contributed by atoms with Gasteiger partial charge in [0.15, 0.2) is 31.5 Å². The Hall–Kier alpha value is -3.00. The van der Waals surface area contributed by atoms with Crippen molar-refractivity contribution in [3.8, 4) is 22.6 Å². The zero-order valence-electron chi connectivity index (χ0n) is 32.4. The van der Waals surface area contributed by atoms with Gasteiger partial charge in [0.1, 0.15) is 5.75 Å². The second kappa shape index (κ2) is 20.5. The number of benzene rings is 3. The first kappa shape index (κ1) is 43.4. The molecular formula is C41H58F4O5Si2. The van der Waals surface area contributed by atoms with Gasteiger partial charge in [-0.25, -0.2) is 18.0 Å². The van der Waals surface area contributed by atoms with Crippen molar-refractivity contribution in [1.82, 2.24) is 0 Å². The molecule has 11 heteroatoms. The summed E-state index contributed by atoms with van der Waals surface area (Å²) in [4.78, 5) is 13.3. The summed E-state index contributed by atoms with van der Waals surface area (Å²) in [7, 11) is -4.83. The maximum atomic E-state index is 15.2. The van der Waals surface area contributed by atoms with Crippen LogP contribution < -0.4 is 9.47 Å². The zero-order valence-corrected chi connectivity index (χ0v) is 34.4. The van der Waals surface area contributed by atoms with E-state index in [1.165, 1.54) is 62.9 Å². The van der Waals surface area contributed by atoms with Gasteiger partial charge in [-0.1, -0.05) is 96.8 Å². The first-order valence-corrected chi connectivity index (χ1v) is 24.8. The molecule has 5 nitrogen and oxygen atoms in total. The Morgan fingerprint density at radius 3 is 2.10 bits per heavy atom. The molecular weight excluding hydrogens is 705 g/mol. The SMILES string of the molecule is CCCCCCCCCCOc1ccc(C(=O)Oc2ccc(-c3ccc(C)c(F)c3F)cc2CO[Si](C)(C)O[Si](C)(C)CCC(C)CC)c(F)c1F. The first-order valence-electron chi connectivity index (χ1n) is 18.8. The second-order valence-electron chi connectivity index (χ2n) is 14.9. The largest absolute Gasteiger partial charge is 0.490 e. The van der Waals surface area contributed by atoms with Gasteiger partial charge in [-0.15, -0.1) is 0 Å². The van der Waals surface area contributed by atoms with Crippen LogP contribution in [0.2, 0.25) is 32.2 Å². The molecule has 0 radical (unpaired) electrons. The molecule has 0 aliphatic carbocycles. The van der Waals surface area contributed by atoms with Crippen LogP contribution in [0.5, 0.6) is 11.5 Å². The average molecular weight is 763 g/mol. The Morgan fingerprint density at radius 1 is 0.769 bits per heavy atom. The molecule has 0 saturated carbocycles. The molecule has 0 aliphatic rings. The number of hydrogen-bond acceptors (Lipinski definition) is 5. The zero-order chi connectivity index (χ0) is 38.5. The van der Waals surface area contributed by atoms with Crippen LogP contribution in [0, 0.1) is 36.1 Å². The molecule has 0 aliphatic heterocycles. The van der Waals surface area contributed by atoms with Crippen molar-refractivity contribution in [2.75, 3.05) is 6.61 Å². The lowest BCUT2D eigenvalue weighted by Gasteiger charge is -2.34. The summed E-state index contributed by atoms with van der Waals surface area (Å²) in [6, 6.07) is 10.7. The van der Waals surface area contributed by atoms with Gasteiger partial charge >= 0.3 is 14.5 Å². The van der Waals surface area contributed by atoms with Crippen molar-refractivity contribution < 1.29 is 40.4 Å². The summed E-state index contributed by atoms with van der Waals surface area (Å²) in [6.07, 6.45) is 10.9. The van der Waals surface area contributed by atoms with E-state index in [9.17, 15) is 9.18 Å². The number of aryl methyl sites for hydroxylation is 1. The van der Waals surface area contributed by atoms with Gasteiger partial charge in [-0.2, -0.15) is 4.39 Å². The summed E-state index contributed by atoms with van der Waals surface area (Å²) in [5.74, 6) is -5.41. The Morgan fingerprint density at radius 2 is 1.42 bits per heavy atom. The van der Waals surface area contributed by atoms with Crippen molar-refractivity contribution in [2.45, 2.75) is 131 Å². The molecule has 0 N–H and O–H groups in total. The van der Waals surface area contributed by atoms with Crippen LogP contribution >= 0.6 is 0 Å². The number of ether oxygens (including phenoxy) is 2. The normalized spacial score (nSPS) is 12.6. The molecule has 0 amide bonds. The summed E-state index contributed by atoms with van der Waals surface area (Å²) in [6.45, 7) is 16.4. The van der Waals surface area contributed by atoms with E-state index in [0.29, 0.717) is 23.5 Å². The van der Waals surface area contributed by atoms with Crippen LogP contribution in [-0.4, -0.2) is 29.5 Å². The predicted octanol–water partition coefficient (Wildman–Crippen LogP) is 12.8. The van der Waals surface area contributed by atoms with Crippen molar-refractivity contribution in [1.29, 1.82) is 0 Å². The average Bonchev–Trinajstić information content (AvgIpc) is 3.09. The van der Waals surface area contributed by atoms with Gasteiger partial charge in [0.2, 0.25) is 5.82 Å². The standard InChI is InChI=1S/C41H58F4O5Si2/c1-9-11-12-13-14-15-16-17-25-47-36-23-21-34(39(44)40(36)45)41(46)49-35-22-19-31(33-20-18-30(4)37(42)38(33)43)27-32(35)28-48-52(7,8)50-51(5,6)26-24-29(3)10-2/h18-23,27,29H,9-17,24-26,28H2,1-8H3. The van der Waals surface area contributed by atoms with Crippen molar-refractivity contribution in [3.63, 3.8) is 0 Å². The first-order chi connectivity index (χ1) is 24.6. The molecule has 0 fully saturated rings. The van der Waals surface area contributed by atoms with Gasteiger partial charge in [-0.3, -0.25) is 0 Å². The minimum absolute atomic E-state index is 0.00893. The van der Waals surface area contributed by atoms with Crippen LogP contribution in [0.3, 0.4) is 0 Å². The number of hydrogen-bond donors (Lipinski definition) is 0. The monoisotopic (exact) mass is 762 g/mol. The number of halogens is 4. The van der Waals surface area contributed by atoms with E-state index in [4.69, 9.17) is 18.0 Å². The highest BCUT2D eigenvalue weighted by Crippen LogP contribution is 2.33. The number of unbranched alkanes of at least 4 members (excludes halogenated alkanes) is 7. The van der Waals surface area contributed by atoms with E-state index in [1.807, 2.05) is 13.1 Å². The molecule has 1 unspecified atom stereocenters. The topological polar surface area (TPSA) is 54.0 Å². The smallest absolute Gasteiger partial charge is 0.346 e. The van der Waals surface area contributed by atoms with Gasteiger partial charge in [0, 0.05) is 11.1 Å². The Bertz CT molecular complexity index is 1610. The highest BCUT2D eigenvalue weighted by Gasteiger charge is 2.35. The molecule has 1 atom stereocenters. The minimum atomic E-state index is -2.74. The van der Waals surface area contributed by atoms with Gasteiger partial charge in [0.25, 0.3) is 0 Å². The number of carbonyl (C=O) groups excluding carboxylic acids is 1. The maximum Gasteiger partial charge on any atom is 0.346 e. The van der Waals surface area contributed by atoms with E-state index >= 15 is 13.2 Å². The highest BCUT2D eigenvalue weighted by atomic mass is 28.4. The van der Waals surface area contributed by atoms with E-state index in [2.05, 4.69) is 33.9 Å². The summed E-state index contributed by atoms with van der Waals surface area (Å²) in [5.41, 5.74) is 0.240.